The highest BCUT2D eigenvalue weighted by Gasteiger charge is 2.29. The van der Waals surface area contributed by atoms with Crippen LogP contribution in [0.15, 0.2) is 53.3 Å². The Hall–Kier alpha value is -2.73. The van der Waals surface area contributed by atoms with Gasteiger partial charge in [0, 0.05) is 25.2 Å². The molecule has 1 atom stereocenters. The van der Waals surface area contributed by atoms with Crippen LogP contribution in [0.4, 0.5) is 0 Å². The molecule has 0 spiro atoms. The Balaban J connectivity index is 1.64. The first kappa shape index (κ1) is 17.7. The lowest BCUT2D eigenvalue weighted by Gasteiger charge is -2.25. The molecule has 3 aromatic rings. The minimum atomic E-state index is -0.157. The summed E-state index contributed by atoms with van der Waals surface area (Å²) in [5.41, 5.74) is 2.28. The molecule has 0 radical (unpaired) electrons. The van der Waals surface area contributed by atoms with Gasteiger partial charge < -0.3 is 9.88 Å². The Morgan fingerprint density at radius 3 is 2.78 bits per heavy atom. The Kier molecular flexibility index (Phi) is 4.66. The molecule has 27 heavy (non-hydrogen) atoms. The Labute approximate surface area is 162 Å². The molecule has 1 saturated heterocycles. The number of rotatable bonds is 3. The molecule has 0 saturated carbocycles. The van der Waals surface area contributed by atoms with E-state index in [-0.39, 0.29) is 17.5 Å². The molecule has 5 nitrogen and oxygen atoms in total. The number of nitrogens with one attached hydrogen (secondary N) is 1. The fraction of sp³-hybridized carbons (Fsp3) is 0.286. The molecule has 138 valence electrons. The van der Waals surface area contributed by atoms with E-state index < -0.39 is 0 Å². The number of benzene rings is 2. The molecule has 1 aromatic heterocycles. The molecule has 1 amide bonds. The van der Waals surface area contributed by atoms with E-state index in [9.17, 15) is 9.59 Å². The van der Waals surface area contributed by atoms with Gasteiger partial charge in [0.25, 0.3) is 11.5 Å². The van der Waals surface area contributed by atoms with Gasteiger partial charge in [0.15, 0.2) is 4.77 Å². The summed E-state index contributed by atoms with van der Waals surface area (Å²) in [6.45, 7) is 0.765. The predicted octanol–water partition coefficient (Wildman–Crippen LogP) is 3.44. The van der Waals surface area contributed by atoms with Crippen molar-refractivity contribution in [2.75, 3.05) is 6.54 Å². The quantitative estimate of drug-likeness (QED) is 0.709. The van der Waals surface area contributed by atoms with Crippen molar-refractivity contribution in [2.45, 2.75) is 25.3 Å². The van der Waals surface area contributed by atoms with Crippen molar-refractivity contribution < 1.29 is 4.79 Å². The number of carbonyl (C=O) groups excluding carboxylic acids is 1. The minimum absolute atomic E-state index is 0.00956. The first-order chi connectivity index (χ1) is 13.0. The van der Waals surface area contributed by atoms with E-state index in [1.807, 2.05) is 23.1 Å². The number of amides is 1. The van der Waals surface area contributed by atoms with E-state index in [1.165, 1.54) is 10.1 Å². The second-order valence-electron chi connectivity index (χ2n) is 7.04. The van der Waals surface area contributed by atoms with Crippen molar-refractivity contribution in [1.82, 2.24) is 14.5 Å². The topological polar surface area (TPSA) is 58.1 Å². The maximum atomic E-state index is 13.1. The monoisotopic (exact) mass is 379 g/mol. The van der Waals surface area contributed by atoms with Gasteiger partial charge in [-0.1, -0.05) is 30.3 Å². The van der Waals surface area contributed by atoms with Gasteiger partial charge >= 0.3 is 0 Å². The number of nitrogens with zero attached hydrogens (tertiary/aromatic N) is 2. The van der Waals surface area contributed by atoms with Crippen molar-refractivity contribution in [1.29, 1.82) is 0 Å². The molecule has 1 N–H and O–H groups in total. The van der Waals surface area contributed by atoms with Gasteiger partial charge in [0.2, 0.25) is 0 Å². The summed E-state index contributed by atoms with van der Waals surface area (Å²) in [5, 5.41) is 0.532. The standard InChI is InChI=1S/C21H21N3O2S/c1-23-20(26)17-10-9-15(13-18(17)22-21(23)27)19(25)24-11-5-8-16(24)12-14-6-3-2-4-7-14/h2-4,6-7,9-10,13,16H,5,8,11-12H2,1H3,(H,22,27). The molecule has 2 aromatic carbocycles. The first-order valence-corrected chi connectivity index (χ1v) is 9.53. The van der Waals surface area contributed by atoms with Gasteiger partial charge in [-0.15, -0.1) is 0 Å². The number of aromatic nitrogens is 2. The van der Waals surface area contributed by atoms with Gasteiger partial charge in [-0.2, -0.15) is 0 Å². The molecule has 4 rings (SSSR count). The third-order valence-electron chi connectivity index (χ3n) is 5.30. The van der Waals surface area contributed by atoms with Crippen LogP contribution in [0.1, 0.15) is 28.8 Å². The fourth-order valence-electron chi connectivity index (χ4n) is 3.81. The van der Waals surface area contributed by atoms with Crippen molar-refractivity contribution in [2.24, 2.45) is 7.05 Å². The first-order valence-electron chi connectivity index (χ1n) is 9.12. The number of likely N-dealkylation sites (tertiary alicyclic amines) is 1. The zero-order chi connectivity index (χ0) is 19.0. The summed E-state index contributed by atoms with van der Waals surface area (Å²) in [7, 11) is 1.64. The summed E-state index contributed by atoms with van der Waals surface area (Å²) in [6, 6.07) is 15.7. The van der Waals surface area contributed by atoms with Crippen LogP contribution < -0.4 is 5.56 Å². The molecule has 1 unspecified atom stereocenters. The third-order valence-corrected chi connectivity index (χ3v) is 5.68. The zero-order valence-corrected chi connectivity index (χ0v) is 16.0. The van der Waals surface area contributed by atoms with E-state index in [0.29, 0.717) is 21.2 Å². The summed E-state index contributed by atoms with van der Waals surface area (Å²) >= 11 is 5.19. The van der Waals surface area contributed by atoms with E-state index in [0.717, 1.165) is 25.8 Å². The summed E-state index contributed by atoms with van der Waals surface area (Å²) in [6.07, 6.45) is 2.89. The average molecular weight is 379 g/mol. The van der Waals surface area contributed by atoms with E-state index >= 15 is 0 Å². The SMILES string of the molecule is Cn1c(=S)[nH]c2cc(C(=O)N3CCCC3Cc3ccccc3)ccc2c1=O. The second kappa shape index (κ2) is 7.12. The van der Waals surface area contributed by atoms with Crippen LogP contribution >= 0.6 is 12.2 Å². The van der Waals surface area contributed by atoms with E-state index in [1.54, 1.807) is 25.2 Å². The fourth-order valence-corrected chi connectivity index (χ4v) is 4.00. The molecular weight excluding hydrogens is 358 g/mol. The molecule has 6 heteroatoms. The maximum absolute atomic E-state index is 13.1. The van der Waals surface area contributed by atoms with Gasteiger partial charge in [0.05, 0.1) is 10.9 Å². The smallest absolute Gasteiger partial charge is 0.261 e. The van der Waals surface area contributed by atoms with Crippen molar-refractivity contribution in [3.8, 4) is 0 Å². The summed E-state index contributed by atoms with van der Waals surface area (Å²) in [4.78, 5) is 30.5. The van der Waals surface area contributed by atoms with E-state index in [4.69, 9.17) is 12.2 Å². The number of hydrogen-bond acceptors (Lipinski definition) is 3. The number of carbonyl (C=O) groups is 1. The lowest BCUT2D eigenvalue weighted by molar-refractivity contribution is 0.0736. The lowest BCUT2D eigenvalue weighted by atomic mass is 10.0. The normalized spacial score (nSPS) is 16.8. The van der Waals surface area contributed by atoms with E-state index in [2.05, 4.69) is 17.1 Å². The Morgan fingerprint density at radius 1 is 1.22 bits per heavy atom. The van der Waals surface area contributed by atoms with Crippen LogP contribution in [0.3, 0.4) is 0 Å². The van der Waals surface area contributed by atoms with Gasteiger partial charge in [-0.25, -0.2) is 0 Å². The molecular formula is C21H21N3O2S. The van der Waals surface area contributed by atoms with Crippen molar-refractivity contribution >= 4 is 29.0 Å². The van der Waals surface area contributed by atoms with Crippen LogP contribution in [0.25, 0.3) is 10.9 Å². The number of hydrogen-bond donors (Lipinski definition) is 1. The third kappa shape index (κ3) is 3.32. The lowest BCUT2D eigenvalue weighted by Crippen LogP contribution is -2.36. The molecule has 0 aliphatic carbocycles. The molecule has 2 heterocycles. The highest BCUT2D eigenvalue weighted by atomic mass is 32.1. The van der Waals surface area contributed by atoms with Crippen molar-refractivity contribution in [3.63, 3.8) is 0 Å². The highest BCUT2D eigenvalue weighted by Crippen LogP contribution is 2.24. The zero-order valence-electron chi connectivity index (χ0n) is 15.1. The molecule has 1 aliphatic rings. The van der Waals surface area contributed by atoms with Crippen LogP contribution in [0.2, 0.25) is 0 Å². The maximum Gasteiger partial charge on any atom is 0.261 e. The molecule has 0 bridgehead atoms. The largest absolute Gasteiger partial charge is 0.335 e. The Morgan fingerprint density at radius 2 is 2.00 bits per heavy atom. The number of H-pyrrole nitrogens is 1. The second-order valence-corrected chi connectivity index (χ2v) is 7.43. The summed E-state index contributed by atoms with van der Waals surface area (Å²) in [5.74, 6) is 0.00956. The average Bonchev–Trinajstić information content (AvgIpc) is 3.14. The van der Waals surface area contributed by atoms with Crippen LogP contribution in [0.5, 0.6) is 0 Å². The predicted molar refractivity (Wildman–Crippen MR) is 109 cm³/mol. The van der Waals surface area contributed by atoms with Crippen LogP contribution in [-0.2, 0) is 13.5 Å². The Bertz CT molecular complexity index is 1120. The number of fused-ring (bicyclic) bond motifs is 1. The van der Waals surface area contributed by atoms with Gasteiger partial charge in [-0.05, 0) is 55.2 Å². The van der Waals surface area contributed by atoms with Crippen LogP contribution in [-0.4, -0.2) is 32.9 Å². The van der Waals surface area contributed by atoms with Crippen molar-refractivity contribution in [3.05, 3.63) is 74.8 Å². The summed E-state index contributed by atoms with van der Waals surface area (Å²) < 4.78 is 1.75. The van der Waals surface area contributed by atoms with Crippen LogP contribution in [0, 0.1) is 4.77 Å². The van der Waals surface area contributed by atoms with Gasteiger partial charge in [0.1, 0.15) is 0 Å². The molecule has 1 fully saturated rings. The van der Waals surface area contributed by atoms with Gasteiger partial charge in [-0.3, -0.25) is 14.2 Å². The molecule has 1 aliphatic heterocycles. The highest BCUT2D eigenvalue weighted by molar-refractivity contribution is 7.71. The minimum Gasteiger partial charge on any atom is -0.335 e. The number of aromatic amines is 1.